The van der Waals surface area contributed by atoms with Crippen molar-refractivity contribution in [3.8, 4) is 0 Å². The SMILES string of the molecule is CN1CC(CN2CCN(c3nc4ccccc4o3)CC2)CCC1=O. The first-order valence-corrected chi connectivity index (χ1v) is 8.76. The van der Waals surface area contributed by atoms with Crippen molar-refractivity contribution in [1.82, 2.24) is 14.8 Å². The number of likely N-dealkylation sites (tertiary alicyclic amines) is 1. The van der Waals surface area contributed by atoms with Gasteiger partial charge in [-0.15, -0.1) is 0 Å². The Balaban J connectivity index is 1.32. The molecule has 24 heavy (non-hydrogen) atoms. The van der Waals surface area contributed by atoms with Crippen molar-refractivity contribution in [3.63, 3.8) is 0 Å². The first-order valence-electron chi connectivity index (χ1n) is 8.76. The van der Waals surface area contributed by atoms with Crippen molar-refractivity contribution in [2.75, 3.05) is 51.2 Å². The van der Waals surface area contributed by atoms with E-state index in [9.17, 15) is 4.79 Å². The molecule has 0 N–H and O–H groups in total. The molecule has 1 aromatic carbocycles. The average molecular weight is 328 g/mol. The number of para-hydroxylation sites is 2. The van der Waals surface area contributed by atoms with Gasteiger partial charge in [0.25, 0.3) is 6.01 Å². The maximum atomic E-state index is 11.6. The van der Waals surface area contributed by atoms with Crippen LogP contribution in [-0.2, 0) is 4.79 Å². The normalized spacial score (nSPS) is 23.2. The number of carbonyl (C=O) groups excluding carboxylic acids is 1. The van der Waals surface area contributed by atoms with Crippen LogP contribution in [0.4, 0.5) is 6.01 Å². The van der Waals surface area contributed by atoms with E-state index in [0.717, 1.165) is 62.8 Å². The van der Waals surface area contributed by atoms with E-state index < -0.39 is 0 Å². The van der Waals surface area contributed by atoms with Gasteiger partial charge >= 0.3 is 0 Å². The molecule has 0 radical (unpaired) electrons. The number of fused-ring (bicyclic) bond motifs is 1. The fraction of sp³-hybridized carbons (Fsp3) is 0.556. The minimum Gasteiger partial charge on any atom is -0.423 e. The van der Waals surface area contributed by atoms with Gasteiger partial charge in [0.15, 0.2) is 5.58 Å². The fourth-order valence-corrected chi connectivity index (χ4v) is 3.73. The molecule has 6 heteroatoms. The number of piperidine rings is 1. The number of piperazine rings is 1. The van der Waals surface area contributed by atoms with E-state index in [1.165, 1.54) is 0 Å². The van der Waals surface area contributed by atoms with Gasteiger partial charge in [-0.25, -0.2) is 0 Å². The van der Waals surface area contributed by atoms with Gasteiger partial charge in [0.2, 0.25) is 5.91 Å². The second kappa shape index (κ2) is 6.43. The molecule has 1 atom stereocenters. The monoisotopic (exact) mass is 328 g/mol. The van der Waals surface area contributed by atoms with Crippen LogP contribution in [-0.4, -0.2) is 67.0 Å². The average Bonchev–Trinajstić information content (AvgIpc) is 3.03. The fourth-order valence-electron chi connectivity index (χ4n) is 3.73. The van der Waals surface area contributed by atoms with Crippen molar-refractivity contribution in [1.29, 1.82) is 0 Å². The molecule has 0 spiro atoms. The maximum Gasteiger partial charge on any atom is 0.298 e. The number of amides is 1. The van der Waals surface area contributed by atoms with E-state index in [1.807, 2.05) is 36.2 Å². The molecular weight excluding hydrogens is 304 g/mol. The zero-order valence-corrected chi connectivity index (χ0v) is 14.1. The highest BCUT2D eigenvalue weighted by Crippen LogP contribution is 2.23. The van der Waals surface area contributed by atoms with Gasteiger partial charge in [-0.2, -0.15) is 4.98 Å². The standard InChI is InChI=1S/C18H24N4O2/c1-20-12-14(6-7-17(20)23)13-21-8-10-22(11-9-21)18-19-15-4-2-3-5-16(15)24-18/h2-5,14H,6-13H2,1H3. The molecule has 4 rings (SSSR count). The van der Waals surface area contributed by atoms with Crippen LogP contribution < -0.4 is 4.90 Å². The summed E-state index contributed by atoms with van der Waals surface area (Å²) in [6.45, 7) is 5.89. The summed E-state index contributed by atoms with van der Waals surface area (Å²) in [5.74, 6) is 0.885. The molecule has 0 aliphatic carbocycles. The summed E-state index contributed by atoms with van der Waals surface area (Å²) >= 11 is 0. The molecule has 0 bridgehead atoms. The number of hydrogen-bond acceptors (Lipinski definition) is 5. The lowest BCUT2D eigenvalue weighted by Gasteiger charge is -2.38. The van der Waals surface area contributed by atoms with E-state index >= 15 is 0 Å². The summed E-state index contributed by atoms with van der Waals surface area (Å²) in [5, 5.41) is 0. The third-order valence-corrected chi connectivity index (χ3v) is 5.17. The summed E-state index contributed by atoms with van der Waals surface area (Å²) in [6.07, 6.45) is 1.72. The number of nitrogens with zero attached hydrogens (tertiary/aromatic N) is 4. The van der Waals surface area contributed by atoms with Crippen LogP contribution in [0, 0.1) is 5.92 Å². The minimum absolute atomic E-state index is 0.284. The molecule has 1 aromatic heterocycles. The number of aromatic nitrogens is 1. The summed E-state index contributed by atoms with van der Waals surface area (Å²) in [7, 11) is 1.92. The molecule has 3 heterocycles. The number of anilines is 1. The molecule has 1 amide bonds. The lowest BCUT2D eigenvalue weighted by Crippen LogP contribution is -2.50. The van der Waals surface area contributed by atoms with E-state index in [1.54, 1.807) is 0 Å². The highest BCUT2D eigenvalue weighted by atomic mass is 16.4. The molecule has 2 aliphatic rings. The third-order valence-electron chi connectivity index (χ3n) is 5.17. The Hall–Kier alpha value is -2.08. The van der Waals surface area contributed by atoms with Crippen LogP contribution in [0.5, 0.6) is 0 Å². The number of rotatable bonds is 3. The Morgan fingerprint density at radius 3 is 2.75 bits per heavy atom. The van der Waals surface area contributed by atoms with Gasteiger partial charge < -0.3 is 14.2 Å². The summed E-state index contributed by atoms with van der Waals surface area (Å²) in [6, 6.07) is 8.64. The maximum absolute atomic E-state index is 11.6. The molecule has 128 valence electrons. The zero-order valence-electron chi connectivity index (χ0n) is 14.1. The molecule has 2 aromatic rings. The predicted octanol–water partition coefficient (Wildman–Crippen LogP) is 1.82. The van der Waals surface area contributed by atoms with E-state index in [0.29, 0.717) is 12.3 Å². The number of oxazole rings is 1. The van der Waals surface area contributed by atoms with Crippen LogP contribution in [0.15, 0.2) is 28.7 Å². The smallest absolute Gasteiger partial charge is 0.298 e. The lowest BCUT2D eigenvalue weighted by molar-refractivity contribution is -0.133. The van der Waals surface area contributed by atoms with Crippen molar-refractivity contribution in [3.05, 3.63) is 24.3 Å². The van der Waals surface area contributed by atoms with E-state index in [4.69, 9.17) is 4.42 Å². The topological polar surface area (TPSA) is 52.8 Å². The van der Waals surface area contributed by atoms with Crippen LogP contribution >= 0.6 is 0 Å². The van der Waals surface area contributed by atoms with Gasteiger partial charge in [-0.05, 0) is 24.5 Å². The number of benzene rings is 1. The van der Waals surface area contributed by atoms with Gasteiger partial charge in [-0.1, -0.05) is 12.1 Å². The van der Waals surface area contributed by atoms with Crippen molar-refractivity contribution >= 4 is 23.0 Å². The largest absolute Gasteiger partial charge is 0.423 e. The Kier molecular flexibility index (Phi) is 4.14. The molecule has 1 unspecified atom stereocenters. The Labute approximate surface area is 142 Å². The number of hydrogen-bond donors (Lipinski definition) is 0. The minimum atomic E-state index is 0.284. The molecular formula is C18H24N4O2. The Bertz CT molecular complexity index is 688. The molecule has 2 fully saturated rings. The summed E-state index contributed by atoms with van der Waals surface area (Å²) in [4.78, 5) is 22.8. The highest BCUT2D eigenvalue weighted by molar-refractivity contribution is 5.76. The summed E-state index contributed by atoms with van der Waals surface area (Å²) in [5.41, 5.74) is 1.77. The molecule has 2 saturated heterocycles. The van der Waals surface area contributed by atoms with Crippen LogP contribution in [0.3, 0.4) is 0 Å². The second-order valence-electron chi connectivity index (χ2n) is 6.93. The highest BCUT2D eigenvalue weighted by Gasteiger charge is 2.27. The Morgan fingerprint density at radius 1 is 1.21 bits per heavy atom. The predicted molar refractivity (Wildman–Crippen MR) is 93.0 cm³/mol. The van der Waals surface area contributed by atoms with E-state index in [2.05, 4.69) is 14.8 Å². The van der Waals surface area contributed by atoms with Gasteiger partial charge in [-0.3, -0.25) is 9.69 Å². The molecule has 2 aliphatic heterocycles. The second-order valence-corrected chi connectivity index (χ2v) is 6.93. The molecule has 0 saturated carbocycles. The summed E-state index contributed by atoms with van der Waals surface area (Å²) < 4.78 is 5.87. The van der Waals surface area contributed by atoms with Crippen LogP contribution in [0.2, 0.25) is 0 Å². The van der Waals surface area contributed by atoms with Crippen molar-refractivity contribution in [2.24, 2.45) is 5.92 Å². The third kappa shape index (κ3) is 3.11. The van der Waals surface area contributed by atoms with Crippen molar-refractivity contribution in [2.45, 2.75) is 12.8 Å². The Morgan fingerprint density at radius 2 is 2.00 bits per heavy atom. The first kappa shape index (κ1) is 15.4. The first-order chi connectivity index (χ1) is 11.7. The van der Waals surface area contributed by atoms with Gasteiger partial charge in [0, 0.05) is 52.7 Å². The number of carbonyl (C=O) groups is 1. The molecule has 6 nitrogen and oxygen atoms in total. The van der Waals surface area contributed by atoms with Crippen LogP contribution in [0.25, 0.3) is 11.1 Å². The van der Waals surface area contributed by atoms with Crippen molar-refractivity contribution < 1.29 is 9.21 Å². The van der Waals surface area contributed by atoms with Crippen LogP contribution in [0.1, 0.15) is 12.8 Å². The lowest BCUT2D eigenvalue weighted by atomic mass is 9.97. The van der Waals surface area contributed by atoms with Gasteiger partial charge in [0.05, 0.1) is 0 Å². The quantitative estimate of drug-likeness (QED) is 0.860. The van der Waals surface area contributed by atoms with Gasteiger partial charge in [0.1, 0.15) is 5.52 Å². The van der Waals surface area contributed by atoms with E-state index in [-0.39, 0.29) is 5.91 Å². The zero-order chi connectivity index (χ0) is 16.5.